The molecule has 0 spiro atoms. The Balaban J connectivity index is 1.49. The molecule has 328 valence electrons. The van der Waals surface area contributed by atoms with Gasteiger partial charge in [0.1, 0.15) is 18.8 Å². The summed E-state index contributed by atoms with van der Waals surface area (Å²) in [7, 11) is 0. The van der Waals surface area contributed by atoms with Gasteiger partial charge < -0.3 is 40.4 Å². The number of ether oxygens (including phenoxy) is 3. The van der Waals surface area contributed by atoms with E-state index in [-0.39, 0.29) is 48.4 Å². The highest BCUT2D eigenvalue weighted by Crippen LogP contribution is 2.31. The molecule has 2 aromatic rings. The van der Waals surface area contributed by atoms with E-state index in [2.05, 4.69) is 0 Å². The normalized spacial score (nSPS) is 23.3. The van der Waals surface area contributed by atoms with Gasteiger partial charge in [-0.05, 0) is 44.4 Å². The van der Waals surface area contributed by atoms with Crippen molar-refractivity contribution in [1.82, 2.24) is 0 Å². The number of aliphatic hydroxyl groups is 4. The van der Waals surface area contributed by atoms with Crippen LogP contribution in [0.3, 0.4) is 0 Å². The van der Waals surface area contributed by atoms with Crippen molar-refractivity contribution in [3.05, 3.63) is 119 Å². The lowest BCUT2D eigenvalue weighted by Crippen LogP contribution is -2.47. The number of allylic oxidation sites excluding steroid dienone is 3. The Bertz CT molecular complexity index is 1820. The third kappa shape index (κ3) is 14.7. The number of esters is 2. The average Bonchev–Trinajstić information content (AvgIpc) is 3.23. The lowest BCUT2D eigenvalue weighted by Gasteiger charge is -2.36. The van der Waals surface area contributed by atoms with Gasteiger partial charge in [-0.3, -0.25) is 9.59 Å². The summed E-state index contributed by atoms with van der Waals surface area (Å²) in [5.74, 6) is -3.73. The molecule has 0 radical (unpaired) electrons. The van der Waals surface area contributed by atoms with Crippen molar-refractivity contribution in [2.45, 2.75) is 105 Å². The van der Waals surface area contributed by atoms with E-state index >= 15 is 0 Å². The summed E-state index contributed by atoms with van der Waals surface area (Å²) in [6.07, 6.45) is 7.09. The van der Waals surface area contributed by atoms with Crippen LogP contribution in [-0.4, -0.2) is 87.5 Å². The topological polar surface area (TPSA) is 203 Å². The van der Waals surface area contributed by atoms with Crippen molar-refractivity contribution < 1.29 is 53.8 Å². The van der Waals surface area contributed by atoms with Gasteiger partial charge >= 0.3 is 18.0 Å². The fourth-order valence-corrected chi connectivity index (χ4v) is 7.64. The van der Waals surface area contributed by atoms with Crippen LogP contribution in [0.15, 0.2) is 103 Å². The summed E-state index contributed by atoms with van der Waals surface area (Å²) in [4.78, 5) is 49.1. The second-order valence-electron chi connectivity index (χ2n) is 16.5. The average molecular weight is 832 g/mol. The first-order valence-electron chi connectivity index (χ1n) is 20.8. The van der Waals surface area contributed by atoms with Crippen molar-refractivity contribution in [2.75, 3.05) is 6.61 Å². The number of carbonyl (C=O) groups excluding carboxylic acids is 4. The minimum Gasteiger partial charge on any atom is -0.462 e. The van der Waals surface area contributed by atoms with Crippen LogP contribution in [0.25, 0.3) is 0 Å². The van der Waals surface area contributed by atoms with E-state index in [1.54, 1.807) is 106 Å². The number of nitrogens with two attached hydrogens (primary N) is 1. The highest BCUT2D eigenvalue weighted by molar-refractivity contribution is 6.09. The second kappa shape index (κ2) is 23.8. The predicted molar refractivity (Wildman–Crippen MR) is 230 cm³/mol. The Morgan fingerprint density at radius 3 is 2.07 bits per heavy atom. The van der Waals surface area contributed by atoms with E-state index in [1.807, 2.05) is 46.8 Å². The molecule has 2 unspecified atom stereocenters. The van der Waals surface area contributed by atoms with Gasteiger partial charge in [0.2, 0.25) is 0 Å². The van der Waals surface area contributed by atoms with Crippen molar-refractivity contribution in [1.29, 1.82) is 0 Å². The van der Waals surface area contributed by atoms with Gasteiger partial charge in [0, 0.05) is 47.1 Å². The van der Waals surface area contributed by atoms with Crippen molar-refractivity contribution in [2.24, 2.45) is 47.2 Å². The largest absolute Gasteiger partial charge is 0.462 e. The van der Waals surface area contributed by atoms with Gasteiger partial charge in [0.25, 0.3) is 0 Å². The summed E-state index contributed by atoms with van der Waals surface area (Å²) in [5.41, 5.74) is 7.72. The first kappa shape index (κ1) is 49.5. The van der Waals surface area contributed by atoms with Gasteiger partial charge in [0.05, 0.1) is 35.9 Å². The molecule has 0 bridgehead atoms. The number of hydrogen-bond donors (Lipinski definition) is 5. The Kier molecular flexibility index (Phi) is 19.6. The molecule has 60 heavy (non-hydrogen) atoms. The molecular formula is C48H65NO11. The molecule has 6 N–H and O–H groups in total. The number of cyclic esters (lactones) is 1. The van der Waals surface area contributed by atoms with E-state index in [4.69, 9.17) is 19.9 Å². The zero-order valence-corrected chi connectivity index (χ0v) is 36.1. The molecule has 1 heterocycles. The second-order valence-corrected chi connectivity index (χ2v) is 16.5. The molecule has 12 nitrogen and oxygen atoms in total. The number of amides is 1. The number of primary amides is 1. The number of benzene rings is 2. The Labute approximate surface area is 354 Å². The highest BCUT2D eigenvalue weighted by Gasteiger charge is 2.41. The summed E-state index contributed by atoms with van der Waals surface area (Å²) in [6.45, 7) is 14.6. The standard InChI is InChI=1S/C48H65NO11/c1-28(25-31(4)41(51)29(2)18-23-39(50)27-40-33(6)43(53)35(8)46(55)59-40)26-32(5)42(52)34(7)45(60-48(49)57)30(3)15-11-10-14-24-58-47(56)38-21-19-37(20-22-38)44(54)36-16-12-9-13-17-36/h9-23,25,29-35,39-43,45,50-53H,24,26-27H2,1-8H3,(H2,49,57)/b14-10+,15-11-,23-18-,28-25-/t29?,30-,31-,32-,33-,34-,35+,39+,40?,41-,42+,43-,45-/m0/s1. The van der Waals surface area contributed by atoms with Gasteiger partial charge in [-0.25, -0.2) is 9.59 Å². The molecule has 3 rings (SSSR count). The van der Waals surface area contributed by atoms with E-state index in [0.29, 0.717) is 23.1 Å². The summed E-state index contributed by atoms with van der Waals surface area (Å²) in [5, 5.41) is 43.4. The maximum Gasteiger partial charge on any atom is 0.404 e. The molecule has 0 saturated carbocycles. The third-order valence-electron chi connectivity index (χ3n) is 11.5. The van der Waals surface area contributed by atoms with Gasteiger partial charge in [-0.15, -0.1) is 0 Å². The highest BCUT2D eigenvalue weighted by atomic mass is 16.6. The molecule has 12 heteroatoms. The molecule has 0 aliphatic carbocycles. The van der Waals surface area contributed by atoms with Crippen LogP contribution in [0.2, 0.25) is 0 Å². The van der Waals surface area contributed by atoms with Crippen LogP contribution in [0.5, 0.6) is 0 Å². The molecular weight excluding hydrogens is 767 g/mol. The van der Waals surface area contributed by atoms with Crippen molar-refractivity contribution in [3.8, 4) is 0 Å². The minimum atomic E-state index is -0.957. The summed E-state index contributed by atoms with van der Waals surface area (Å²) < 4.78 is 16.3. The maximum atomic E-state index is 12.6. The quantitative estimate of drug-likeness (QED) is 0.0293. The van der Waals surface area contributed by atoms with Gasteiger partial charge in [0.15, 0.2) is 5.78 Å². The lowest BCUT2D eigenvalue weighted by atomic mass is 9.81. The monoisotopic (exact) mass is 831 g/mol. The number of aliphatic hydroxyl groups excluding tert-OH is 4. The first-order valence-corrected chi connectivity index (χ1v) is 20.8. The Morgan fingerprint density at radius 2 is 1.43 bits per heavy atom. The van der Waals surface area contributed by atoms with E-state index in [0.717, 1.165) is 5.57 Å². The van der Waals surface area contributed by atoms with Crippen LogP contribution in [0.1, 0.15) is 94.5 Å². The summed E-state index contributed by atoms with van der Waals surface area (Å²) >= 11 is 0. The van der Waals surface area contributed by atoms with Crippen LogP contribution >= 0.6 is 0 Å². The van der Waals surface area contributed by atoms with E-state index in [1.165, 1.54) is 0 Å². The molecule has 1 fully saturated rings. The fraction of sp³-hybridized carbons (Fsp3) is 0.500. The number of carbonyl (C=O) groups is 4. The van der Waals surface area contributed by atoms with Crippen LogP contribution < -0.4 is 5.73 Å². The Hall–Kier alpha value is -4.88. The molecule has 1 aliphatic heterocycles. The predicted octanol–water partition coefficient (Wildman–Crippen LogP) is 6.76. The molecule has 1 saturated heterocycles. The SMILES string of the molecule is C/C(=C/[C@H](C)[C@@H](O)C(C)/C=C\[C@@H](O)CC1OC(=O)[C@H](C)[C@@H](O)[C@H]1C)C[C@H](C)[C@@H](O)[C@H](C)[C@@H](OC(N)=O)[C@@H](C)/C=C\C=C\COC(=O)c1ccc(C(=O)c2ccccc2)cc1. The fourth-order valence-electron chi connectivity index (χ4n) is 7.64. The van der Waals surface area contributed by atoms with Crippen LogP contribution in [0.4, 0.5) is 4.79 Å². The van der Waals surface area contributed by atoms with Crippen LogP contribution in [0, 0.1) is 41.4 Å². The third-order valence-corrected chi connectivity index (χ3v) is 11.5. The van der Waals surface area contributed by atoms with E-state index < -0.39 is 66.5 Å². The smallest absolute Gasteiger partial charge is 0.404 e. The number of hydrogen-bond acceptors (Lipinski definition) is 11. The number of rotatable bonds is 21. The van der Waals surface area contributed by atoms with Crippen molar-refractivity contribution in [3.63, 3.8) is 0 Å². The molecule has 1 amide bonds. The van der Waals surface area contributed by atoms with Gasteiger partial charge in [-0.2, -0.15) is 0 Å². The zero-order chi connectivity index (χ0) is 44.7. The zero-order valence-electron chi connectivity index (χ0n) is 36.1. The molecule has 2 aromatic carbocycles. The van der Waals surface area contributed by atoms with Crippen molar-refractivity contribution >= 4 is 23.8 Å². The summed E-state index contributed by atoms with van der Waals surface area (Å²) in [6, 6.07) is 15.2. The van der Waals surface area contributed by atoms with Crippen LogP contribution in [-0.2, 0) is 19.0 Å². The first-order chi connectivity index (χ1) is 28.3. The lowest BCUT2D eigenvalue weighted by molar-refractivity contribution is -0.179. The minimum absolute atomic E-state index is 0.00292. The Morgan fingerprint density at radius 1 is 0.817 bits per heavy atom. The number of ketones is 1. The molecule has 1 aliphatic rings. The molecule has 13 atom stereocenters. The van der Waals surface area contributed by atoms with E-state index in [9.17, 15) is 39.6 Å². The maximum absolute atomic E-state index is 12.6. The van der Waals surface area contributed by atoms with Gasteiger partial charge in [-0.1, -0.05) is 126 Å². The molecule has 0 aromatic heterocycles.